The molecule has 2 aromatic heterocycles. The van der Waals surface area contributed by atoms with Gasteiger partial charge in [-0.25, -0.2) is 14.8 Å². The Morgan fingerprint density at radius 1 is 1.17 bits per heavy atom. The molecule has 0 bridgehead atoms. The summed E-state index contributed by atoms with van der Waals surface area (Å²) >= 11 is 6.45. The number of nitrogens with one attached hydrogen (secondary N) is 1. The van der Waals surface area contributed by atoms with Gasteiger partial charge in [0.25, 0.3) is 0 Å². The zero-order valence-corrected chi connectivity index (χ0v) is 17.5. The molecule has 7 nitrogen and oxygen atoms in total. The van der Waals surface area contributed by atoms with Crippen molar-refractivity contribution < 1.29 is 14.7 Å². The molecular formula is C21H23ClN4O3. The standard InChI is InChI=1S/C21H23ClN4O3/c1-12-23-16-7-8-17(20(28)29)25-19(16)26(12)11-13-5-6-14(9-15(13)22)24-18(27)10-21(2,3)4/h5-9H,10-11H2,1-4H3,(H,24,27)(H,28,29). The van der Waals surface area contributed by atoms with Crippen LogP contribution in [0.1, 0.15) is 49.1 Å². The van der Waals surface area contributed by atoms with E-state index >= 15 is 0 Å². The van der Waals surface area contributed by atoms with Gasteiger partial charge in [-0.3, -0.25) is 4.79 Å². The number of imidazole rings is 1. The Morgan fingerprint density at radius 2 is 1.90 bits per heavy atom. The third kappa shape index (κ3) is 4.92. The molecule has 0 aliphatic heterocycles. The van der Waals surface area contributed by atoms with Gasteiger partial charge in [0.05, 0.1) is 6.54 Å². The molecule has 3 aromatic rings. The second-order valence-electron chi connectivity index (χ2n) is 8.18. The maximum atomic E-state index is 12.1. The highest BCUT2D eigenvalue weighted by Gasteiger charge is 2.17. The molecule has 152 valence electrons. The van der Waals surface area contributed by atoms with Gasteiger partial charge in [-0.15, -0.1) is 0 Å². The number of amides is 1. The summed E-state index contributed by atoms with van der Waals surface area (Å²) in [5.74, 6) is -0.456. The zero-order valence-electron chi connectivity index (χ0n) is 16.8. The van der Waals surface area contributed by atoms with Crippen molar-refractivity contribution in [3.8, 4) is 0 Å². The summed E-state index contributed by atoms with van der Waals surface area (Å²) in [5.41, 5.74) is 2.41. The molecule has 8 heteroatoms. The van der Waals surface area contributed by atoms with E-state index in [0.29, 0.717) is 40.7 Å². The monoisotopic (exact) mass is 414 g/mol. The van der Waals surface area contributed by atoms with Crippen LogP contribution in [-0.4, -0.2) is 31.5 Å². The summed E-state index contributed by atoms with van der Waals surface area (Å²) in [4.78, 5) is 32.0. The van der Waals surface area contributed by atoms with E-state index in [-0.39, 0.29) is 17.0 Å². The van der Waals surface area contributed by atoms with Crippen LogP contribution in [-0.2, 0) is 11.3 Å². The van der Waals surface area contributed by atoms with Crippen LogP contribution in [0.15, 0.2) is 30.3 Å². The number of carboxylic acid groups (broad SMARTS) is 1. The van der Waals surface area contributed by atoms with E-state index in [1.54, 1.807) is 18.2 Å². The summed E-state index contributed by atoms with van der Waals surface area (Å²) < 4.78 is 1.82. The Kier molecular flexibility index (Phi) is 5.61. The number of fused-ring (bicyclic) bond motifs is 1. The molecule has 0 saturated carbocycles. The topological polar surface area (TPSA) is 97.1 Å². The first kappa shape index (κ1) is 20.8. The lowest BCUT2D eigenvalue weighted by atomic mass is 9.92. The lowest BCUT2D eigenvalue weighted by Crippen LogP contribution is -2.19. The van der Waals surface area contributed by atoms with E-state index in [1.165, 1.54) is 6.07 Å². The average molecular weight is 415 g/mol. The summed E-state index contributed by atoms with van der Waals surface area (Å²) in [6, 6.07) is 8.42. The van der Waals surface area contributed by atoms with Crippen molar-refractivity contribution >= 4 is 40.3 Å². The van der Waals surface area contributed by atoms with Crippen LogP contribution in [0.25, 0.3) is 11.2 Å². The number of rotatable bonds is 5. The minimum atomic E-state index is -1.09. The second kappa shape index (κ2) is 7.83. The van der Waals surface area contributed by atoms with Crippen molar-refractivity contribution in [2.24, 2.45) is 5.41 Å². The third-order valence-corrected chi connectivity index (χ3v) is 4.71. The highest BCUT2D eigenvalue weighted by molar-refractivity contribution is 6.31. The van der Waals surface area contributed by atoms with Gasteiger partial charge in [0.15, 0.2) is 11.3 Å². The molecule has 1 aromatic carbocycles. The Hall–Kier alpha value is -2.93. The minimum Gasteiger partial charge on any atom is -0.477 e. The van der Waals surface area contributed by atoms with E-state index < -0.39 is 5.97 Å². The van der Waals surface area contributed by atoms with Crippen LogP contribution < -0.4 is 5.32 Å². The average Bonchev–Trinajstić information content (AvgIpc) is 2.90. The summed E-state index contributed by atoms with van der Waals surface area (Å²) in [5, 5.41) is 12.6. The predicted octanol–water partition coefficient (Wildman–Crippen LogP) is 4.51. The van der Waals surface area contributed by atoms with Crippen LogP contribution in [0.3, 0.4) is 0 Å². The van der Waals surface area contributed by atoms with Gasteiger partial charge in [-0.1, -0.05) is 38.4 Å². The number of aryl methyl sites for hydroxylation is 1. The van der Waals surface area contributed by atoms with Crippen LogP contribution in [0.4, 0.5) is 5.69 Å². The predicted molar refractivity (Wildman–Crippen MR) is 112 cm³/mol. The van der Waals surface area contributed by atoms with E-state index in [4.69, 9.17) is 11.6 Å². The van der Waals surface area contributed by atoms with Crippen LogP contribution in [0.2, 0.25) is 5.02 Å². The zero-order chi connectivity index (χ0) is 21.3. The number of hydrogen-bond donors (Lipinski definition) is 2. The fraction of sp³-hybridized carbons (Fsp3) is 0.333. The van der Waals surface area contributed by atoms with E-state index in [9.17, 15) is 14.7 Å². The van der Waals surface area contributed by atoms with Gasteiger partial charge in [0, 0.05) is 17.1 Å². The molecule has 1 amide bonds. The number of carbonyl (C=O) groups is 2. The maximum Gasteiger partial charge on any atom is 0.354 e. The molecule has 3 rings (SSSR count). The Bertz CT molecular complexity index is 1100. The molecule has 2 heterocycles. The third-order valence-electron chi connectivity index (χ3n) is 4.36. The van der Waals surface area contributed by atoms with Gasteiger partial charge >= 0.3 is 5.97 Å². The molecule has 0 spiro atoms. The number of halogens is 1. The molecule has 0 saturated heterocycles. The molecule has 0 atom stereocenters. The number of carbonyl (C=O) groups excluding carboxylic acids is 1. The number of pyridine rings is 1. The number of anilines is 1. The van der Waals surface area contributed by atoms with Crippen LogP contribution >= 0.6 is 11.6 Å². The van der Waals surface area contributed by atoms with Crippen molar-refractivity contribution in [1.29, 1.82) is 0 Å². The SMILES string of the molecule is Cc1nc2ccc(C(=O)O)nc2n1Cc1ccc(NC(=O)CC(C)(C)C)cc1Cl. The first-order valence-corrected chi connectivity index (χ1v) is 9.57. The van der Waals surface area contributed by atoms with Gasteiger partial charge in [0.2, 0.25) is 5.91 Å². The molecule has 0 radical (unpaired) electrons. The molecule has 2 N–H and O–H groups in total. The molecule has 29 heavy (non-hydrogen) atoms. The van der Waals surface area contributed by atoms with Gasteiger partial charge < -0.3 is 15.0 Å². The van der Waals surface area contributed by atoms with Crippen molar-refractivity contribution in [3.63, 3.8) is 0 Å². The van der Waals surface area contributed by atoms with Crippen LogP contribution in [0, 0.1) is 12.3 Å². The van der Waals surface area contributed by atoms with Crippen molar-refractivity contribution in [2.45, 2.75) is 40.7 Å². The first-order chi connectivity index (χ1) is 13.5. The normalized spacial score (nSPS) is 11.6. The van der Waals surface area contributed by atoms with Crippen molar-refractivity contribution in [2.75, 3.05) is 5.32 Å². The van der Waals surface area contributed by atoms with E-state index in [0.717, 1.165) is 5.56 Å². The van der Waals surface area contributed by atoms with E-state index in [2.05, 4.69) is 15.3 Å². The summed E-state index contributed by atoms with van der Waals surface area (Å²) in [6.45, 7) is 8.23. The highest BCUT2D eigenvalue weighted by Crippen LogP contribution is 2.25. The molecule has 0 unspecified atom stereocenters. The number of aromatic carboxylic acids is 1. The quantitative estimate of drug-likeness (QED) is 0.639. The van der Waals surface area contributed by atoms with Gasteiger partial charge in [-0.05, 0) is 42.2 Å². The summed E-state index contributed by atoms with van der Waals surface area (Å²) in [7, 11) is 0. The fourth-order valence-electron chi connectivity index (χ4n) is 3.03. The number of carboxylic acids is 1. The van der Waals surface area contributed by atoms with Gasteiger partial charge in [-0.2, -0.15) is 0 Å². The van der Waals surface area contributed by atoms with Crippen molar-refractivity contribution in [3.05, 3.63) is 52.4 Å². The number of aromatic nitrogens is 3. The molecular weight excluding hydrogens is 392 g/mol. The summed E-state index contributed by atoms with van der Waals surface area (Å²) in [6.07, 6.45) is 0.407. The number of benzene rings is 1. The van der Waals surface area contributed by atoms with Crippen molar-refractivity contribution in [1.82, 2.24) is 14.5 Å². The van der Waals surface area contributed by atoms with Gasteiger partial charge in [0.1, 0.15) is 11.3 Å². The number of hydrogen-bond acceptors (Lipinski definition) is 4. The molecule has 0 aliphatic rings. The minimum absolute atomic E-state index is 0.0401. The molecule has 0 fully saturated rings. The second-order valence-corrected chi connectivity index (χ2v) is 8.59. The van der Waals surface area contributed by atoms with Crippen LogP contribution in [0.5, 0.6) is 0 Å². The highest BCUT2D eigenvalue weighted by atomic mass is 35.5. The Balaban J connectivity index is 1.85. The largest absolute Gasteiger partial charge is 0.477 e. The fourth-order valence-corrected chi connectivity index (χ4v) is 3.27. The maximum absolute atomic E-state index is 12.1. The lowest BCUT2D eigenvalue weighted by Gasteiger charge is -2.17. The lowest BCUT2D eigenvalue weighted by molar-refractivity contribution is -0.117. The Labute approximate surface area is 173 Å². The Morgan fingerprint density at radius 3 is 2.52 bits per heavy atom. The molecule has 0 aliphatic carbocycles. The number of nitrogens with zero attached hydrogens (tertiary/aromatic N) is 3. The first-order valence-electron chi connectivity index (χ1n) is 9.19. The smallest absolute Gasteiger partial charge is 0.354 e. The van der Waals surface area contributed by atoms with E-state index in [1.807, 2.05) is 38.3 Å².